The Hall–Kier alpha value is -2.18. The molecule has 0 atom stereocenters. The second kappa shape index (κ2) is 10.7. The summed E-state index contributed by atoms with van der Waals surface area (Å²) in [4.78, 5) is 23.2. The molecular formula is C20H16Br2O4. The maximum absolute atomic E-state index is 11.6. The van der Waals surface area contributed by atoms with Gasteiger partial charge in [-0.25, -0.2) is 9.59 Å². The highest BCUT2D eigenvalue weighted by atomic mass is 79.9. The van der Waals surface area contributed by atoms with Gasteiger partial charge in [0, 0.05) is 21.1 Å². The van der Waals surface area contributed by atoms with E-state index in [1.54, 1.807) is 0 Å². The lowest BCUT2D eigenvalue weighted by molar-refractivity contribution is -0.140. The van der Waals surface area contributed by atoms with Crippen LogP contribution in [0.25, 0.3) is 0 Å². The highest BCUT2D eigenvalue weighted by Gasteiger charge is 2.00. The summed E-state index contributed by atoms with van der Waals surface area (Å²) < 4.78 is 12.1. The lowest BCUT2D eigenvalue weighted by Crippen LogP contribution is -2.01. The molecule has 2 rings (SSSR count). The lowest BCUT2D eigenvalue weighted by Gasteiger charge is -2.02. The van der Waals surface area contributed by atoms with E-state index in [0.29, 0.717) is 0 Å². The number of carbonyl (C=O) groups excluding carboxylic acids is 2. The monoisotopic (exact) mass is 478 g/mol. The number of benzene rings is 2. The Balaban J connectivity index is 1.68. The largest absolute Gasteiger partial charge is 0.458 e. The number of hydrogen-bond acceptors (Lipinski definition) is 4. The molecule has 134 valence electrons. The maximum Gasteiger partial charge on any atom is 0.331 e. The Bertz CT molecular complexity index is 724. The number of halogens is 2. The first-order valence-electron chi connectivity index (χ1n) is 7.70. The summed E-state index contributed by atoms with van der Waals surface area (Å²) in [5.74, 6) is -0.971. The van der Waals surface area contributed by atoms with E-state index < -0.39 is 11.9 Å². The Kier molecular flexibility index (Phi) is 8.31. The summed E-state index contributed by atoms with van der Waals surface area (Å²) in [6.45, 7) is 0.380. The molecule has 6 heteroatoms. The smallest absolute Gasteiger partial charge is 0.331 e. The predicted molar refractivity (Wildman–Crippen MR) is 106 cm³/mol. The number of rotatable bonds is 7. The predicted octanol–water partition coefficient (Wildman–Crippen LogP) is 5.11. The van der Waals surface area contributed by atoms with E-state index in [2.05, 4.69) is 31.9 Å². The fourth-order valence-corrected chi connectivity index (χ4v) is 2.36. The first-order valence-corrected chi connectivity index (χ1v) is 9.28. The lowest BCUT2D eigenvalue weighted by atomic mass is 10.2. The van der Waals surface area contributed by atoms with Crippen LogP contribution in [0.1, 0.15) is 11.1 Å². The Morgan fingerprint density at radius 2 is 1.04 bits per heavy atom. The molecule has 4 nitrogen and oxygen atoms in total. The molecule has 0 bridgehead atoms. The van der Waals surface area contributed by atoms with Crippen LogP contribution in [0.2, 0.25) is 0 Å². The van der Waals surface area contributed by atoms with E-state index >= 15 is 0 Å². The van der Waals surface area contributed by atoms with Crippen molar-refractivity contribution in [2.45, 2.75) is 13.2 Å². The molecule has 0 spiro atoms. The molecule has 0 N–H and O–H groups in total. The molecule has 0 amide bonds. The van der Waals surface area contributed by atoms with Crippen LogP contribution in [0.4, 0.5) is 0 Å². The van der Waals surface area contributed by atoms with Gasteiger partial charge in [0.2, 0.25) is 0 Å². The van der Waals surface area contributed by atoms with Crippen molar-refractivity contribution in [1.29, 1.82) is 0 Å². The van der Waals surface area contributed by atoms with E-state index in [-0.39, 0.29) is 13.2 Å². The molecule has 2 aromatic carbocycles. The van der Waals surface area contributed by atoms with E-state index in [0.717, 1.165) is 20.1 Å². The SMILES string of the molecule is O=C(/C=C\C=C/C(=O)OCc1ccc(Br)cc1)OCc1ccc(Br)cc1. The van der Waals surface area contributed by atoms with Crippen molar-refractivity contribution in [1.82, 2.24) is 0 Å². The van der Waals surface area contributed by atoms with E-state index in [4.69, 9.17) is 9.47 Å². The second-order valence-corrected chi connectivity index (χ2v) is 7.02. The average Bonchev–Trinajstić information content (AvgIpc) is 2.64. The fourth-order valence-electron chi connectivity index (χ4n) is 1.83. The molecule has 0 aliphatic carbocycles. The van der Waals surface area contributed by atoms with Gasteiger partial charge >= 0.3 is 11.9 Å². The Labute approximate surface area is 168 Å². The van der Waals surface area contributed by atoms with Crippen molar-refractivity contribution in [2.24, 2.45) is 0 Å². The van der Waals surface area contributed by atoms with Gasteiger partial charge in [0.05, 0.1) is 0 Å². The van der Waals surface area contributed by atoms with Gasteiger partial charge < -0.3 is 9.47 Å². The minimum absolute atomic E-state index is 0.190. The van der Waals surface area contributed by atoms with Crippen molar-refractivity contribution < 1.29 is 19.1 Å². The molecule has 2 aromatic rings. The first kappa shape index (κ1) is 20.1. The van der Waals surface area contributed by atoms with E-state index in [9.17, 15) is 9.59 Å². The van der Waals surface area contributed by atoms with Crippen LogP contribution in [0.5, 0.6) is 0 Å². The zero-order chi connectivity index (χ0) is 18.8. The summed E-state index contributed by atoms with van der Waals surface area (Å²) in [5.41, 5.74) is 1.78. The molecule has 0 heterocycles. The molecule has 0 aliphatic heterocycles. The van der Waals surface area contributed by atoms with Gasteiger partial charge in [-0.1, -0.05) is 68.3 Å². The van der Waals surface area contributed by atoms with Gasteiger partial charge in [0.1, 0.15) is 13.2 Å². The van der Waals surface area contributed by atoms with Crippen LogP contribution < -0.4 is 0 Å². The molecule has 0 fully saturated rings. The molecule has 0 aromatic heterocycles. The molecule has 0 unspecified atom stereocenters. The standard InChI is InChI=1S/C20H16Br2O4/c21-17-9-5-15(6-10-17)13-25-19(23)3-1-2-4-20(24)26-14-16-7-11-18(22)12-8-16/h1-12H,13-14H2/b3-1-,4-2-. The Morgan fingerprint density at radius 3 is 1.38 bits per heavy atom. The van der Waals surface area contributed by atoms with Gasteiger partial charge in [0.25, 0.3) is 0 Å². The molecule has 0 aliphatic rings. The highest BCUT2D eigenvalue weighted by molar-refractivity contribution is 9.10. The van der Waals surface area contributed by atoms with E-state index in [1.165, 1.54) is 24.3 Å². The zero-order valence-corrected chi connectivity index (χ0v) is 16.9. The number of ether oxygens (including phenoxy) is 2. The summed E-state index contributed by atoms with van der Waals surface area (Å²) in [6.07, 6.45) is 5.37. The van der Waals surface area contributed by atoms with Crippen molar-refractivity contribution in [3.05, 3.63) is 92.9 Å². The van der Waals surface area contributed by atoms with Crippen molar-refractivity contribution >= 4 is 43.8 Å². The Morgan fingerprint density at radius 1 is 0.692 bits per heavy atom. The fraction of sp³-hybridized carbons (Fsp3) is 0.100. The number of allylic oxidation sites excluding steroid dienone is 2. The summed E-state index contributed by atoms with van der Waals surface area (Å²) in [5, 5.41) is 0. The average molecular weight is 480 g/mol. The van der Waals surface area contributed by atoms with Gasteiger partial charge in [-0.2, -0.15) is 0 Å². The minimum Gasteiger partial charge on any atom is -0.458 e. The molecular weight excluding hydrogens is 464 g/mol. The third-order valence-corrected chi connectivity index (χ3v) is 4.22. The normalized spacial score (nSPS) is 11.0. The number of carbonyl (C=O) groups is 2. The highest BCUT2D eigenvalue weighted by Crippen LogP contribution is 2.12. The zero-order valence-electron chi connectivity index (χ0n) is 13.7. The van der Waals surface area contributed by atoms with Crippen LogP contribution in [-0.2, 0) is 32.3 Å². The third-order valence-electron chi connectivity index (χ3n) is 3.16. The second-order valence-electron chi connectivity index (χ2n) is 5.19. The van der Waals surface area contributed by atoms with E-state index in [1.807, 2.05) is 48.5 Å². The minimum atomic E-state index is -0.485. The van der Waals surface area contributed by atoms with Gasteiger partial charge in [-0.05, 0) is 35.4 Å². The number of hydrogen-bond donors (Lipinski definition) is 0. The van der Waals surface area contributed by atoms with Crippen LogP contribution >= 0.6 is 31.9 Å². The topological polar surface area (TPSA) is 52.6 Å². The van der Waals surface area contributed by atoms with Gasteiger partial charge in [-0.3, -0.25) is 0 Å². The summed E-state index contributed by atoms with van der Waals surface area (Å²) >= 11 is 6.68. The van der Waals surface area contributed by atoms with Crippen LogP contribution in [0.3, 0.4) is 0 Å². The molecule has 0 saturated carbocycles. The third kappa shape index (κ3) is 7.80. The van der Waals surface area contributed by atoms with Crippen LogP contribution in [-0.4, -0.2) is 11.9 Å². The summed E-state index contributed by atoms with van der Waals surface area (Å²) in [6, 6.07) is 15.0. The van der Waals surface area contributed by atoms with Crippen molar-refractivity contribution in [3.8, 4) is 0 Å². The van der Waals surface area contributed by atoms with Gasteiger partial charge in [0.15, 0.2) is 0 Å². The van der Waals surface area contributed by atoms with Crippen molar-refractivity contribution in [2.75, 3.05) is 0 Å². The quantitative estimate of drug-likeness (QED) is 0.314. The van der Waals surface area contributed by atoms with Crippen LogP contribution in [0, 0.1) is 0 Å². The molecule has 26 heavy (non-hydrogen) atoms. The van der Waals surface area contributed by atoms with Crippen molar-refractivity contribution in [3.63, 3.8) is 0 Å². The molecule has 0 saturated heterocycles. The van der Waals surface area contributed by atoms with Crippen LogP contribution in [0.15, 0.2) is 81.8 Å². The van der Waals surface area contributed by atoms with Gasteiger partial charge in [-0.15, -0.1) is 0 Å². The first-order chi connectivity index (χ1) is 12.5. The molecule has 0 radical (unpaired) electrons. The number of esters is 2. The summed E-state index contributed by atoms with van der Waals surface area (Å²) in [7, 11) is 0. The maximum atomic E-state index is 11.6.